The highest BCUT2D eigenvalue weighted by atomic mass is 127. The minimum atomic E-state index is 0. The molecule has 0 radical (unpaired) electrons. The van der Waals surface area contributed by atoms with E-state index in [-0.39, 0.29) is 48.0 Å². The van der Waals surface area contributed by atoms with Crippen molar-refractivity contribution in [2.75, 3.05) is 0 Å². The Hall–Kier alpha value is -1.80. The molecule has 2 aromatic heterocycles. The average Bonchev–Trinajstić information content (AvgIpc) is 2.70. The molecular formula is C22H18I2N2. The number of hydrogen-bond acceptors (Lipinski definition) is 0. The molecule has 0 aliphatic rings. The summed E-state index contributed by atoms with van der Waals surface area (Å²) in [6.45, 7) is 0. The molecule has 0 unspecified atom stereocenters. The maximum absolute atomic E-state index is 2.15. The molecule has 0 aliphatic heterocycles. The summed E-state index contributed by atoms with van der Waals surface area (Å²) in [6.07, 6.45) is 8.40. The zero-order valence-electron chi connectivity index (χ0n) is 14.0. The highest BCUT2D eigenvalue weighted by molar-refractivity contribution is 5.61. The number of pyridine rings is 2. The van der Waals surface area contributed by atoms with Crippen LogP contribution in [0.15, 0.2) is 110 Å². The van der Waals surface area contributed by atoms with E-state index in [0.29, 0.717) is 0 Å². The number of halogens is 2. The molecule has 0 fully saturated rings. The van der Waals surface area contributed by atoms with Crippen LogP contribution in [0.2, 0.25) is 0 Å². The third-order valence-corrected chi connectivity index (χ3v) is 4.10. The van der Waals surface area contributed by atoms with E-state index >= 15 is 0 Å². The number of aromatic nitrogens is 2. The Kier molecular flexibility index (Phi) is 7.71. The van der Waals surface area contributed by atoms with Crippen LogP contribution in [0.25, 0.3) is 22.5 Å². The van der Waals surface area contributed by atoms with Crippen molar-refractivity contribution < 1.29 is 57.1 Å². The Morgan fingerprint density at radius 3 is 1.00 bits per heavy atom. The summed E-state index contributed by atoms with van der Waals surface area (Å²) in [5.74, 6) is 0. The number of rotatable bonds is 3. The predicted octanol–water partition coefficient (Wildman–Crippen LogP) is -2.08. The maximum atomic E-state index is 2.15. The van der Waals surface area contributed by atoms with Crippen LogP contribution >= 0.6 is 0 Å². The first-order chi connectivity index (χ1) is 11.9. The Morgan fingerprint density at radius 1 is 0.385 bits per heavy atom. The Balaban J connectivity index is 0.00000121. The average molecular weight is 564 g/mol. The minimum Gasteiger partial charge on any atom is -1.00 e. The zero-order valence-corrected chi connectivity index (χ0v) is 18.4. The second-order valence-electron chi connectivity index (χ2n) is 5.66. The lowest BCUT2D eigenvalue weighted by Crippen LogP contribution is -3.00. The van der Waals surface area contributed by atoms with E-state index in [2.05, 4.69) is 107 Å². The standard InChI is InChI=1S/C22H18N2.2HI/c1-3-7-21(8-4-1)23-15-11-19(12-16-23)20-13-17-24(18-14-20)22-9-5-2-6-10-22;;/h1-18H;2*1H/q+2;;/p-2. The summed E-state index contributed by atoms with van der Waals surface area (Å²) in [7, 11) is 0. The SMILES string of the molecule is [I-].[I-].c1ccc(-[n+]2ccc(-c3cc[n+](-c4ccccc4)cc3)cc2)cc1. The van der Waals surface area contributed by atoms with Gasteiger partial charge in [0.05, 0.1) is 0 Å². The van der Waals surface area contributed by atoms with Crippen molar-refractivity contribution in [3.63, 3.8) is 0 Å². The molecule has 0 spiro atoms. The fourth-order valence-corrected chi connectivity index (χ4v) is 2.78. The van der Waals surface area contributed by atoms with Gasteiger partial charge in [0.2, 0.25) is 11.4 Å². The third kappa shape index (κ3) is 4.67. The summed E-state index contributed by atoms with van der Waals surface area (Å²) >= 11 is 0. The van der Waals surface area contributed by atoms with Gasteiger partial charge in [-0.25, -0.2) is 0 Å². The van der Waals surface area contributed by atoms with Gasteiger partial charge in [0, 0.05) is 48.5 Å². The van der Waals surface area contributed by atoms with Crippen LogP contribution in [-0.2, 0) is 0 Å². The molecular weight excluding hydrogens is 546 g/mol. The van der Waals surface area contributed by atoms with Crippen LogP contribution in [0.3, 0.4) is 0 Å². The molecule has 0 saturated carbocycles. The lowest BCUT2D eigenvalue weighted by molar-refractivity contribution is -0.596. The van der Waals surface area contributed by atoms with Crippen LogP contribution in [0.5, 0.6) is 0 Å². The van der Waals surface area contributed by atoms with Crippen LogP contribution in [0, 0.1) is 0 Å². The molecule has 0 bridgehead atoms. The topological polar surface area (TPSA) is 7.76 Å². The van der Waals surface area contributed by atoms with Gasteiger partial charge in [-0.15, -0.1) is 0 Å². The summed E-state index contributed by atoms with van der Waals surface area (Å²) in [5.41, 5.74) is 4.75. The second kappa shape index (κ2) is 9.78. The van der Waals surface area contributed by atoms with Gasteiger partial charge in [-0.3, -0.25) is 0 Å². The molecule has 0 N–H and O–H groups in total. The number of para-hydroxylation sites is 2. The van der Waals surface area contributed by atoms with Gasteiger partial charge < -0.3 is 48.0 Å². The largest absolute Gasteiger partial charge is 1.00 e. The lowest BCUT2D eigenvalue weighted by atomic mass is 10.1. The molecule has 2 aromatic carbocycles. The van der Waals surface area contributed by atoms with Gasteiger partial charge in [-0.1, -0.05) is 36.4 Å². The molecule has 4 heteroatoms. The van der Waals surface area contributed by atoms with Crippen LogP contribution in [0.1, 0.15) is 0 Å². The van der Waals surface area contributed by atoms with Crippen molar-refractivity contribution in [1.29, 1.82) is 0 Å². The Labute approximate surface area is 188 Å². The van der Waals surface area contributed by atoms with Gasteiger partial charge >= 0.3 is 0 Å². The van der Waals surface area contributed by atoms with E-state index in [4.69, 9.17) is 0 Å². The van der Waals surface area contributed by atoms with Crippen molar-refractivity contribution in [2.24, 2.45) is 0 Å². The third-order valence-electron chi connectivity index (χ3n) is 4.10. The smallest absolute Gasteiger partial charge is 0.210 e. The second-order valence-corrected chi connectivity index (χ2v) is 5.66. The molecule has 0 amide bonds. The van der Waals surface area contributed by atoms with E-state index in [1.54, 1.807) is 0 Å². The molecule has 26 heavy (non-hydrogen) atoms. The summed E-state index contributed by atoms with van der Waals surface area (Å²) in [6, 6.07) is 29.3. The van der Waals surface area contributed by atoms with Gasteiger partial charge in [0.1, 0.15) is 0 Å². The Bertz CT molecular complexity index is 842. The van der Waals surface area contributed by atoms with Crippen LogP contribution < -0.4 is 57.1 Å². The van der Waals surface area contributed by atoms with Gasteiger partial charge in [0.25, 0.3) is 0 Å². The predicted molar refractivity (Wildman–Crippen MR) is 94.9 cm³/mol. The van der Waals surface area contributed by atoms with Gasteiger partial charge in [0.15, 0.2) is 24.8 Å². The molecule has 0 aliphatic carbocycles. The van der Waals surface area contributed by atoms with E-state index in [1.165, 1.54) is 22.5 Å². The van der Waals surface area contributed by atoms with Gasteiger partial charge in [-0.05, 0) is 11.1 Å². The van der Waals surface area contributed by atoms with E-state index in [9.17, 15) is 0 Å². The number of hydrogen-bond donors (Lipinski definition) is 0. The fourth-order valence-electron chi connectivity index (χ4n) is 2.78. The molecule has 4 rings (SSSR count). The first-order valence-electron chi connectivity index (χ1n) is 8.04. The number of nitrogens with zero attached hydrogens (tertiary/aromatic N) is 2. The van der Waals surface area contributed by atoms with Crippen LogP contribution in [-0.4, -0.2) is 0 Å². The van der Waals surface area contributed by atoms with E-state index in [1.807, 2.05) is 12.1 Å². The summed E-state index contributed by atoms with van der Waals surface area (Å²) in [4.78, 5) is 0. The van der Waals surface area contributed by atoms with Crippen molar-refractivity contribution in [1.82, 2.24) is 0 Å². The lowest BCUT2D eigenvalue weighted by Gasteiger charge is -2.01. The van der Waals surface area contributed by atoms with Crippen LogP contribution in [0.4, 0.5) is 0 Å². The molecule has 0 saturated heterocycles. The molecule has 4 aromatic rings. The van der Waals surface area contributed by atoms with E-state index in [0.717, 1.165) is 0 Å². The van der Waals surface area contributed by atoms with Crippen molar-refractivity contribution in [2.45, 2.75) is 0 Å². The highest BCUT2D eigenvalue weighted by Crippen LogP contribution is 2.16. The van der Waals surface area contributed by atoms with Crippen molar-refractivity contribution >= 4 is 0 Å². The monoisotopic (exact) mass is 564 g/mol. The molecule has 130 valence electrons. The molecule has 2 nitrogen and oxygen atoms in total. The first kappa shape index (κ1) is 20.5. The Morgan fingerprint density at radius 2 is 0.692 bits per heavy atom. The summed E-state index contributed by atoms with van der Waals surface area (Å²) < 4.78 is 4.24. The quantitative estimate of drug-likeness (QED) is 0.200. The normalized spacial score (nSPS) is 9.69. The molecule has 2 heterocycles. The van der Waals surface area contributed by atoms with Crippen molar-refractivity contribution in [3.05, 3.63) is 110 Å². The molecule has 0 atom stereocenters. The van der Waals surface area contributed by atoms with Crippen molar-refractivity contribution in [3.8, 4) is 22.5 Å². The fraction of sp³-hybridized carbons (Fsp3) is 0. The zero-order chi connectivity index (χ0) is 16.2. The number of benzene rings is 2. The maximum Gasteiger partial charge on any atom is 0.210 e. The summed E-state index contributed by atoms with van der Waals surface area (Å²) in [5, 5.41) is 0. The minimum absolute atomic E-state index is 0. The first-order valence-corrected chi connectivity index (χ1v) is 8.04. The van der Waals surface area contributed by atoms with E-state index < -0.39 is 0 Å². The van der Waals surface area contributed by atoms with Gasteiger partial charge in [-0.2, -0.15) is 9.13 Å². The highest BCUT2D eigenvalue weighted by Gasteiger charge is 2.08.